The number of nitrogens with zero attached hydrogens (tertiary/aromatic N) is 1. The van der Waals surface area contributed by atoms with Crippen LogP contribution >= 0.6 is 0 Å². The number of carbonyl (C=O) groups is 2. The van der Waals surface area contributed by atoms with Gasteiger partial charge in [-0.05, 0) is 112 Å². The summed E-state index contributed by atoms with van der Waals surface area (Å²) in [7, 11) is 0. The second-order valence-electron chi connectivity index (χ2n) is 18.6. The van der Waals surface area contributed by atoms with E-state index in [2.05, 4.69) is 34.6 Å². The van der Waals surface area contributed by atoms with Crippen molar-refractivity contribution < 1.29 is 43.9 Å². The number of carboxylic acids is 1. The standard InChI is InChI=1S/C39H60NO9/c1-21-18-24(32(35(6,7)45)47-23(3)41)48-30-29(21)36(8)14-15-39-20-38(39)13-12-27(49-28-19-40(16-17-46-28)22(2)33(43)44)34(4,5)25(38)10-11-26(39)37(36,9)31(30)42/h21-22,25,27-29,31-32,42,45H,10-20H2,1-9H3,(H,43,44)/t21-,22+,25+,27?,28+,29+,31+,32+,36-,37-,38-,39+/m1/s1. The van der Waals surface area contributed by atoms with E-state index in [4.69, 9.17) is 18.9 Å². The summed E-state index contributed by atoms with van der Waals surface area (Å²) in [6, 6.07) is -0.572. The molecule has 3 N–H and O–H groups in total. The number of aliphatic hydroxyl groups excluding tert-OH is 1. The molecule has 10 heteroatoms. The first-order chi connectivity index (χ1) is 22.7. The van der Waals surface area contributed by atoms with Gasteiger partial charge in [-0.2, -0.15) is 0 Å². The highest BCUT2D eigenvalue weighted by atomic mass is 16.7. The number of ether oxygens (including phenoxy) is 4. The van der Waals surface area contributed by atoms with Gasteiger partial charge >= 0.3 is 11.9 Å². The largest absolute Gasteiger partial charge is 0.480 e. The van der Waals surface area contributed by atoms with Gasteiger partial charge in [-0.1, -0.05) is 34.6 Å². The predicted molar refractivity (Wildman–Crippen MR) is 180 cm³/mol. The Hall–Kier alpha value is -1.30. The van der Waals surface area contributed by atoms with Gasteiger partial charge in [0.1, 0.15) is 18.2 Å². The Kier molecular flexibility index (Phi) is 8.54. The molecular weight excluding hydrogens is 626 g/mol. The third kappa shape index (κ3) is 4.99. The van der Waals surface area contributed by atoms with Crippen molar-refractivity contribution in [1.82, 2.24) is 4.90 Å². The van der Waals surface area contributed by atoms with Crippen molar-refractivity contribution in [3.63, 3.8) is 0 Å². The number of aliphatic carboxylic acids is 1. The SMILES string of the molecule is CC(=O)O[C@@H]([C]1C[C@@H](C)[C@H]2[C](O1)[C@H](O)[C@@]1(C)[C]3CC[C@H]4C(C)(C)C(O[C@H]5CN([C@@H](C)C(=O)O)CCO5)CC[C@@]45C[C@@]35CC[C@]21C)C(C)(C)O. The molecule has 0 aromatic carbocycles. The van der Waals surface area contributed by atoms with Gasteiger partial charge in [-0.3, -0.25) is 14.5 Å². The number of hydrogen-bond acceptors (Lipinski definition) is 9. The summed E-state index contributed by atoms with van der Waals surface area (Å²) in [4.78, 5) is 25.7. The molecule has 7 fully saturated rings. The average Bonchev–Trinajstić information content (AvgIpc) is 3.65. The lowest BCUT2D eigenvalue weighted by atomic mass is 9.41. The molecule has 5 saturated carbocycles. The van der Waals surface area contributed by atoms with Crippen LogP contribution in [-0.4, -0.2) is 88.1 Å². The molecule has 0 amide bonds. The van der Waals surface area contributed by atoms with Gasteiger partial charge in [0.2, 0.25) is 0 Å². The molecule has 2 aliphatic heterocycles. The average molecular weight is 687 g/mol. The Balaban J connectivity index is 1.12. The molecule has 49 heavy (non-hydrogen) atoms. The van der Waals surface area contributed by atoms with E-state index in [1.807, 2.05) is 4.90 Å². The quantitative estimate of drug-likeness (QED) is 0.303. The lowest BCUT2D eigenvalue weighted by molar-refractivity contribution is -0.245. The van der Waals surface area contributed by atoms with Gasteiger partial charge in [0, 0.05) is 24.8 Å². The highest BCUT2D eigenvalue weighted by molar-refractivity contribution is 5.72. The summed E-state index contributed by atoms with van der Waals surface area (Å²) in [6.45, 7) is 19.5. The van der Waals surface area contributed by atoms with Crippen LogP contribution in [0.5, 0.6) is 0 Å². The molecule has 5 aliphatic carbocycles. The molecule has 0 bridgehead atoms. The number of rotatable bonds is 7. The van der Waals surface area contributed by atoms with Crippen molar-refractivity contribution in [1.29, 1.82) is 0 Å². The van der Waals surface area contributed by atoms with Gasteiger partial charge in [0.25, 0.3) is 0 Å². The van der Waals surface area contributed by atoms with Crippen molar-refractivity contribution >= 4 is 11.9 Å². The Bertz CT molecular complexity index is 1330. The summed E-state index contributed by atoms with van der Waals surface area (Å²) in [5.41, 5.74) is -1.76. The van der Waals surface area contributed by atoms with E-state index in [9.17, 15) is 24.9 Å². The summed E-state index contributed by atoms with van der Waals surface area (Å²) in [5, 5.41) is 33.1. The summed E-state index contributed by atoms with van der Waals surface area (Å²) in [6.07, 6.45) is 7.03. The first-order valence-corrected chi connectivity index (χ1v) is 18.8. The van der Waals surface area contributed by atoms with Gasteiger partial charge in [0.05, 0.1) is 31.0 Å². The number of carbonyl (C=O) groups excluding carboxylic acids is 1. The van der Waals surface area contributed by atoms with Gasteiger partial charge in [-0.15, -0.1) is 0 Å². The molecule has 12 atom stereocenters. The van der Waals surface area contributed by atoms with E-state index in [-0.39, 0.29) is 39.6 Å². The first-order valence-electron chi connectivity index (χ1n) is 18.8. The van der Waals surface area contributed by atoms with E-state index in [0.717, 1.165) is 38.5 Å². The zero-order valence-corrected chi connectivity index (χ0v) is 31.1. The van der Waals surface area contributed by atoms with E-state index in [1.165, 1.54) is 13.3 Å². The Morgan fingerprint density at radius 3 is 2.47 bits per heavy atom. The molecule has 3 radical (unpaired) electrons. The van der Waals surface area contributed by atoms with Gasteiger partial charge in [0.15, 0.2) is 12.4 Å². The lowest BCUT2D eigenvalue weighted by Crippen LogP contribution is -2.59. The van der Waals surface area contributed by atoms with Gasteiger partial charge in [-0.25, -0.2) is 0 Å². The van der Waals surface area contributed by atoms with Crippen molar-refractivity contribution in [2.75, 3.05) is 19.7 Å². The number of aliphatic hydroxyl groups is 2. The highest BCUT2D eigenvalue weighted by Crippen LogP contribution is 2.90. The second kappa shape index (κ2) is 11.6. The summed E-state index contributed by atoms with van der Waals surface area (Å²) in [5.74, 6) is 0.944. The Morgan fingerprint density at radius 1 is 1.10 bits per heavy atom. The van der Waals surface area contributed by atoms with E-state index in [0.29, 0.717) is 44.2 Å². The topological polar surface area (TPSA) is 135 Å². The number of hydrogen-bond donors (Lipinski definition) is 3. The zero-order valence-electron chi connectivity index (χ0n) is 31.1. The van der Waals surface area contributed by atoms with Crippen LogP contribution in [-0.2, 0) is 28.5 Å². The highest BCUT2D eigenvalue weighted by Gasteiger charge is 2.85. The van der Waals surface area contributed by atoms with Crippen LogP contribution in [0.2, 0.25) is 0 Å². The number of carboxylic acid groups (broad SMARTS) is 1. The van der Waals surface area contributed by atoms with E-state index in [1.54, 1.807) is 26.7 Å². The number of fused-ring (bicyclic) bond motifs is 4. The van der Waals surface area contributed by atoms with Crippen LogP contribution < -0.4 is 0 Å². The third-order valence-corrected chi connectivity index (χ3v) is 15.5. The molecule has 2 spiro atoms. The maximum Gasteiger partial charge on any atom is 0.320 e. The van der Waals surface area contributed by atoms with E-state index < -0.39 is 47.5 Å². The van der Waals surface area contributed by atoms with Crippen molar-refractivity contribution in [2.24, 2.45) is 44.8 Å². The summed E-state index contributed by atoms with van der Waals surface area (Å²) < 4.78 is 25.1. The Labute approximate surface area is 292 Å². The smallest absolute Gasteiger partial charge is 0.320 e. The molecular formula is C39H60NO9. The predicted octanol–water partition coefficient (Wildman–Crippen LogP) is 5.30. The minimum absolute atomic E-state index is 0.0245. The van der Waals surface area contributed by atoms with Crippen LogP contribution in [0.25, 0.3) is 0 Å². The van der Waals surface area contributed by atoms with Gasteiger partial charge < -0.3 is 34.3 Å². The summed E-state index contributed by atoms with van der Waals surface area (Å²) >= 11 is 0. The molecule has 1 unspecified atom stereocenters. The van der Waals surface area contributed by atoms with Crippen LogP contribution in [0.1, 0.15) is 114 Å². The second-order valence-corrected chi connectivity index (χ2v) is 18.6. The maximum atomic E-state index is 12.5. The lowest BCUT2D eigenvalue weighted by Gasteiger charge is -2.63. The molecule has 0 aromatic rings. The molecule has 10 nitrogen and oxygen atoms in total. The van der Waals surface area contributed by atoms with Crippen LogP contribution in [0.3, 0.4) is 0 Å². The fourth-order valence-corrected chi connectivity index (χ4v) is 13.0. The van der Waals surface area contributed by atoms with Crippen LogP contribution in [0, 0.1) is 63.0 Å². The van der Waals surface area contributed by atoms with Crippen LogP contribution in [0.4, 0.5) is 0 Å². The number of morpholine rings is 1. The molecule has 2 heterocycles. The normalized spacial score (nSPS) is 46.8. The number of esters is 1. The maximum absolute atomic E-state index is 12.5. The molecule has 7 aliphatic rings. The van der Waals surface area contributed by atoms with E-state index >= 15 is 0 Å². The Morgan fingerprint density at radius 2 is 1.82 bits per heavy atom. The van der Waals surface area contributed by atoms with Crippen molar-refractivity contribution in [2.45, 2.75) is 150 Å². The van der Waals surface area contributed by atoms with Crippen molar-refractivity contribution in [3.05, 3.63) is 18.1 Å². The minimum Gasteiger partial charge on any atom is -0.480 e. The third-order valence-electron chi connectivity index (χ3n) is 15.5. The minimum atomic E-state index is -1.33. The zero-order chi connectivity index (χ0) is 35.7. The molecule has 0 aromatic heterocycles. The fraction of sp³-hybridized carbons (Fsp3) is 0.872. The molecule has 7 rings (SSSR count). The first kappa shape index (κ1) is 36.1. The molecule has 2 saturated heterocycles. The fourth-order valence-electron chi connectivity index (χ4n) is 13.0. The van der Waals surface area contributed by atoms with Crippen LogP contribution in [0.15, 0.2) is 0 Å². The monoisotopic (exact) mass is 686 g/mol. The van der Waals surface area contributed by atoms with Crippen molar-refractivity contribution in [3.8, 4) is 0 Å². The molecule has 275 valence electrons.